The number of benzene rings is 1. The normalized spacial score (nSPS) is 13.9. The summed E-state index contributed by atoms with van der Waals surface area (Å²) in [5.41, 5.74) is 1.11. The van der Waals surface area contributed by atoms with Crippen LogP contribution in [0.4, 0.5) is 11.5 Å². The molecule has 1 saturated heterocycles. The van der Waals surface area contributed by atoms with Gasteiger partial charge in [-0.2, -0.15) is 5.10 Å². The molecular weight excluding hydrogens is 346 g/mol. The molecular formula is C19H21N5OS. The van der Waals surface area contributed by atoms with Gasteiger partial charge in [-0.3, -0.25) is 4.79 Å². The van der Waals surface area contributed by atoms with Crippen molar-refractivity contribution >= 4 is 38.8 Å². The van der Waals surface area contributed by atoms with Crippen molar-refractivity contribution in [3.05, 3.63) is 47.5 Å². The van der Waals surface area contributed by atoms with Crippen molar-refractivity contribution in [2.75, 3.05) is 36.4 Å². The molecule has 0 radical (unpaired) electrons. The number of carbonyl (C=O) groups is 1. The van der Waals surface area contributed by atoms with Gasteiger partial charge in [0.25, 0.3) is 5.91 Å². The molecule has 134 valence electrons. The van der Waals surface area contributed by atoms with E-state index in [9.17, 15) is 4.79 Å². The fourth-order valence-electron chi connectivity index (χ4n) is 3.14. The Morgan fingerprint density at radius 1 is 1.15 bits per heavy atom. The van der Waals surface area contributed by atoms with Crippen LogP contribution in [0.2, 0.25) is 0 Å². The lowest BCUT2D eigenvalue weighted by Gasteiger charge is -2.17. The van der Waals surface area contributed by atoms with Crippen LogP contribution in [0.15, 0.2) is 42.6 Å². The number of rotatable bonds is 6. The van der Waals surface area contributed by atoms with E-state index >= 15 is 0 Å². The van der Waals surface area contributed by atoms with Crippen LogP contribution in [0.5, 0.6) is 0 Å². The molecule has 0 aliphatic carbocycles. The molecule has 2 N–H and O–H groups in total. The van der Waals surface area contributed by atoms with Crippen LogP contribution in [0.1, 0.15) is 22.5 Å². The maximum absolute atomic E-state index is 12.3. The fraction of sp³-hybridized carbons (Fsp3) is 0.316. The largest absolute Gasteiger partial charge is 0.370 e. The van der Waals surface area contributed by atoms with E-state index in [4.69, 9.17) is 0 Å². The van der Waals surface area contributed by atoms with Crippen molar-refractivity contribution in [3.63, 3.8) is 0 Å². The summed E-state index contributed by atoms with van der Waals surface area (Å²) in [7, 11) is 0. The monoisotopic (exact) mass is 367 g/mol. The van der Waals surface area contributed by atoms with Crippen molar-refractivity contribution in [1.82, 2.24) is 15.5 Å². The predicted molar refractivity (Wildman–Crippen MR) is 106 cm³/mol. The highest BCUT2D eigenvalue weighted by molar-refractivity contribution is 7.20. The molecule has 6 nitrogen and oxygen atoms in total. The highest BCUT2D eigenvalue weighted by atomic mass is 32.1. The molecule has 1 aliphatic rings. The lowest BCUT2D eigenvalue weighted by molar-refractivity contribution is 0.0959. The average molecular weight is 367 g/mol. The van der Waals surface area contributed by atoms with Gasteiger partial charge in [-0.25, -0.2) is 0 Å². The Balaban J connectivity index is 1.28. The van der Waals surface area contributed by atoms with Crippen LogP contribution in [-0.2, 0) is 0 Å². The van der Waals surface area contributed by atoms with Crippen molar-refractivity contribution in [2.24, 2.45) is 0 Å². The quantitative estimate of drug-likeness (QED) is 0.655. The second kappa shape index (κ2) is 7.70. The molecule has 0 atom stereocenters. The first-order valence-electron chi connectivity index (χ1n) is 8.88. The van der Waals surface area contributed by atoms with Crippen LogP contribution < -0.4 is 15.5 Å². The zero-order valence-corrected chi connectivity index (χ0v) is 15.3. The van der Waals surface area contributed by atoms with Crippen molar-refractivity contribution in [2.45, 2.75) is 12.8 Å². The minimum atomic E-state index is -0.0371. The van der Waals surface area contributed by atoms with E-state index in [-0.39, 0.29) is 5.91 Å². The molecule has 0 saturated carbocycles. The number of carbonyl (C=O) groups excluding carboxylic acids is 1. The minimum absolute atomic E-state index is 0.0371. The van der Waals surface area contributed by atoms with E-state index in [1.807, 2.05) is 36.4 Å². The maximum Gasteiger partial charge on any atom is 0.261 e. The first kappa shape index (κ1) is 16.8. The molecule has 26 heavy (non-hydrogen) atoms. The summed E-state index contributed by atoms with van der Waals surface area (Å²) in [6.07, 6.45) is 4.27. The molecule has 1 aromatic carbocycles. The molecule has 0 unspecified atom stereocenters. The summed E-state index contributed by atoms with van der Waals surface area (Å²) in [5, 5.41) is 15.5. The maximum atomic E-state index is 12.3. The zero-order valence-electron chi connectivity index (χ0n) is 14.4. The van der Waals surface area contributed by atoms with Gasteiger partial charge >= 0.3 is 0 Å². The van der Waals surface area contributed by atoms with E-state index in [2.05, 4.69) is 25.7 Å². The third-order valence-electron chi connectivity index (χ3n) is 4.48. The molecule has 1 fully saturated rings. The molecule has 3 aromatic rings. The van der Waals surface area contributed by atoms with Crippen LogP contribution >= 0.6 is 11.3 Å². The molecule has 7 heteroatoms. The van der Waals surface area contributed by atoms with E-state index in [1.165, 1.54) is 24.2 Å². The second-order valence-corrected chi connectivity index (χ2v) is 7.41. The van der Waals surface area contributed by atoms with Gasteiger partial charge in [0.1, 0.15) is 0 Å². The lowest BCUT2D eigenvalue weighted by Crippen LogP contribution is -2.28. The van der Waals surface area contributed by atoms with Crippen molar-refractivity contribution in [3.8, 4) is 0 Å². The molecule has 1 amide bonds. The van der Waals surface area contributed by atoms with E-state index in [1.54, 1.807) is 6.20 Å². The van der Waals surface area contributed by atoms with Crippen molar-refractivity contribution in [1.29, 1.82) is 0 Å². The summed E-state index contributed by atoms with van der Waals surface area (Å²) in [6.45, 7) is 3.30. The number of nitrogens with zero attached hydrogens (tertiary/aromatic N) is 3. The Bertz CT molecular complexity index is 871. The topological polar surface area (TPSA) is 70.2 Å². The van der Waals surface area contributed by atoms with Crippen LogP contribution in [-0.4, -0.2) is 42.3 Å². The van der Waals surface area contributed by atoms with Crippen molar-refractivity contribution < 1.29 is 4.79 Å². The van der Waals surface area contributed by atoms with Gasteiger partial charge in [-0.1, -0.05) is 18.2 Å². The fourth-order valence-corrected chi connectivity index (χ4v) is 4.12. The lowest BCUT2D eigenvalue weighted by atomic mass is 10.2. The highest BCUT2D eigenvalue weighted by Gasteiger charge is 2.13. The third kappa shape index (κ3) is 3.77. The molecule has 4 rings (SSSR count). The first-order valence-corrected chi connectivity index (χ1v) is 9.69. The first-order chi connectivity index (χ1) is 12.8. The average Bonchev–Trinajstić information content (AvgIpc) is 3.35. The standard InChI is InChI=1S/C19H21N5OS/c25-19(17-11-14-5-1-2-6-16(14)26-17)21-8-7-20-18-12-15(13-22-23-18)24-9-3-4-10-24/h1-2,5-6,11-13H,3-4,7-10H2,(H,20,23)(H,21,25). The summed E-state index contributed by atoms with van der Waals surface area (Å²) >= 11 is 1.52. The van der Waals surface area contributed by atoms with Crippen LogP contribution in [0, 0.1) is 0 Å². The number of aromatic nitrogens is 2. The highest BCUT2D eigenvalue weighted by Crippen LogP contribution is 2.25. The van der Waals surface area contributed by atoms with Gasteiger partial charge in [0.15, 0.2) is 5.82 Å². The summed E-state index contributed by atoms with van der Waals surface area (Å²) in [6, 6.07) is 12.0. The molecule has 2 aromatic heterocycles. The summed E-state index contributed by atoms with van der Waals surface area (Å²) in [4.78, 5) is 15.4. The van der Waals surface area contributed by atoms with Gasteiger partial charge < -0.3 is 15.5 Å². The molecule has 3 heterocycles. The Morgan fingerprint density at radius 3 is 2.85 bits per heavy atom. The van der Waals surface area contributed by atoms with Gasteiger partial charge in [-0.15, -0.1) is 16.4 Å². The van der Waals surface area contributed by atoms with Gasteiger partial charge in [0.2, 0.25) is 0 Å². The number of nitrogens with one attached hydrogen (secondary N) is 2. The number of anilines is 2. The number of fused-ring (bicyclic) bond motifs is 1. The minimum Gasteiger partial charge on any atom is -0.370 e. The smallest absolute Gasteiger partial charge is 0.261 e. The summed E-state index contributed by atoms with van der Waals surface area (Å²) < 4.78 is 1.13. The SMILES string of the molecule is O=C(NCCNc1cc(N2CCCC2)cnn1)c1cc2ccccc2s1. The molecule has 0 spiro atoms. The molecule has 0 bridgehead atoms. The van der Waals surface area contributed by atoms with E-state index in [0.29, 0.717) is 13.1 Å². The van der Waals surface area contributed by atoms with E-state index in [0.717, 1.165) is 39.6 Å². The number of thiophene rings is 1. The Hall–Kier alpha value is -2.67. The van der Waals surface area contributed by atoms with E-state index < -0.39 is 0 Å². The summed E-state index contributed by atoms with van der Waals surface area (Å²) in [5.74, 6) is 0.704. The number of hydrogen-bond acceptors (Lipinski definition) is 6. The number of hydrogen-bond donors (Lipinski definition) is 2. The Morgan fingerprint density at radius 2 is 2.00 bits per heavy atom. The van der Waals surface area contributed by atoms with Crippen LogP contribution in [0.25, 0.3) is 10.1 Å². The second-order valence-electron chi connectivity index (χ2n) is 6.32. The van der Waals surface area contributed by atoms with Gasteiger partial charge in [0, 0.05) is 36.9 Å². The Labute approximate surface area is 156 Å². The Kier molecular flexibility index (Phi) is 4.97. The number of amides is 1. The third-order valence-corrected chi connectivity index (χ3v) is 5.59. The molecule has 1 aliphatic heterocycles. The zero-order chi connectivity index (χ0) is 17.8. The predicted octanol–water partition coefficient (Wildman–Crippen LogP) is 3.13. The van der Waals surface area contributed by atoms with Crippen LogP contribution in [0.3, 0.4) is 0 Å². The van der Waals surface area contributed by atoms with Gasteiger partial charge in [-0.05, 0) is 30.4 Å². The van der Waals surface area contributed by atoms with Gasteiger partial charge in [0.05, 0.1) is 16.8 Å².